The van der Waals surface area contributed by atoms with Crippen molar-refractivity contribution in [3.8, 4) is 0 Å². The number of rotatable bonds is 15. The summed E-state index contributed by atoms with van der Waals surface area (Å²) in [5.74, 6) is -4.43. The van der Waals surface area contributed by atoms with E-state index < -0.39 is 40.6 Å². The highest BCUT2D eigenvalue weighted by Gasteiger charge is 2.73. The minimum absolute atomic E-state index is 0.698. The Bertz CT molecular complexity index is 664. The predicted octanol–water partition coefficient (Wildman–Crippen LogP) is 3.46. The van der Waals surface area contributed by atoms with Gasteiger partial charge in [0.05, 0.1) is 0 Å². The Morgan fingerprint density at radius 1 is 0.882 bits per heavy atom. The molecule has 200 valence electrons. The smallest absolute Gasteiger partial charge is 0.398 e. The van der Waals surface area contributed by atoms with Crippen molar-refractivity contribution >= 4 is 17.4 Å². The van der Waals surface area contributed by atoms with Gasteiger partial charge in [-0.3, -0.25) is 0 Å². The standard InChI is InChI=1S/C12H15F5O3Si.C8H22N2O2Si/c1-18-21(19-2,20-3)12(16,17)10(13)11(14,15)9-7-5-4-6-8-9;1-11-13(3,12-2)8-4-6-10-7-5-9/h4-8,10H,1-3H3;10H,4-9H2,1-3H3. The van der Waals surface area contributed by atoms with E-state index in [1.54, 1.807) is 14.2 Å². The molecule has 0 spiro atoms. The lowest BCUT2D eigenvalue weighted by Crippen LogP contribution is -2.66. The molecule has 14 heteroatoms. The molecule has 1 rings (SSSR count). The summed E-state index contributed by atoms with van der Waals surface area (Å²) in [6, 6.07) is 6.54. The molecular formula is C20H37F5N2O5Si2. The zero-order chi connectivity index (χ0) is 26.5. The lowest BCUT2D eigenvalue weighted by Gasteiger charge is -2.36. The van der Waals surface area contributed by atoms with Crippen molar-refractivity contribution in [3.63, 3.8) is 0 Å². The second-order valence-corrected chi connectivity index (χ2v) is 13.9. The van der Waals surface area contributed by atoms with E-state index in [2.05, 4.69) is 25.1 Å². The number of nitrogens with one attached hydrogen (secondary N) is 1. The van der Waals surface area contributed by atoms with Gasteiger partial charge in [-0.2, -0.15) is 17.6 Å². The van der Waals surface area contributed by atoms with Crippen LogP contribution >= 0.6 is 0 Å². The number of hydrogen-bond acceptors (Lipinski definition) is 7. The van der Waals surface area contributed by atoms with Crippen molar-refractivity contribution in [1.82, 2.24) is 5.32 Å². The van der Waals surface area contributed by atoms with Gasteiger partial charge < -0.3 is 33.2 Å². The highest BCUT2D eigenvalue weighted by molar-refractivity contribution is 6.65. The van der Waals surface area contributed by atoms with Gasteiger partial charge >= 0.3 is 28.8 Å². The van der Waals surface area contributed by atoms with Gasteiger partial charge in [-0.05, 0) is 25.6 Å². The highest BCUT2D eigenvalue weighted by Crippen LogP contribution is 2.45. The third-order valence-electron chi connectivity index (χ3n) is 5.18. The molecule has 1 unspecified atom stereocenters. The number of hydrogen-bond donors (Lipinski definition) is 2. The summed E-state index contributed by atoms with van der Waals surface area (Å²) in [7, 11) is -0.941. The number of halogens is 5. The Labute approximate surface area is 200 Å². The van der Waals surface area contributed by atoms with Gasteiger partial charge in [0.25, 0.3) is 0 Å². The molecule has 0 heterocycles. The molecule has 7 nitrogen and oxygen atoms in total. The topological polar surface area (TPSA) is 84.2 Å². The molecule has 0 bridgehead atoms. The SMILES string of the molecule is CO[Si](C)(CCCNCCN)OC.CO[Si](OC)(OC)C(F)(F)C(F)C(F)(F)c1ccccc1. The second-order valence-electron chi connectivity index (χ2n) is 7.33. The number of benzene rings is 1. The van der Waals surface area contributed by atoms with Crippen LogP contribution in [0, 0.1) is 0 Å². The summed E-state index contributed by atoms with van der Waals surface area (Å²) in [5, 5.41) is 3.24. The normalized spacial score (nSPS) is 13.9. The molecule has 0 radical (unpaired) electrons. The molecule has 1 aromatic carbocycles. The van der Waals surface area contributed by atoms with E-state index in [-0.39, 0.29) is 0 Å². The quantitative estimate of drug-likeness (QED) is 0.202. The monoisotopic (exact) mass is 536 g/mol. The van der Waals surface area contributed by atoms with E-state index >= 15 is 0 Å². The van der Waals surface area contributed by atoms with Gasteiger partial charge in [-0.1, -0.05) is 30.3 Å². The minimum atomic E-state index is -4.94. The average Bonchev–Trinajstić information content (AvgIpc) is 2.85. The maximum Gasteiger partial charge on any atom is 0.577 e. The van der Waals surface area contributed by atoms with E-state index in [0.29, 0.717) is 6.54 Å². The molecule has 0 aromatic heterocycles. The van der Waals surface area contributed by atoms with Crippen molar-refractivity contribution < 1.29 is 44.1 Å². The van der Waals surface area contributed by atoms with Crippen LogP contribution in [0.2, 0.25) is 12.6 Å². The highest BCUT2D eigenvalue weighted by atomic mass is 28.4. The first kappa shape index (κ1) is 33.0. The third kappa shape index (κ3) is 8.60. The molecular weight excluding hydrogens is 499 g/mol. The summed E-state index contributed by atoms with van der Waals surface area (Å²) in [6.45, 7) is 4.66. The fourth-order valence-corrected chi connectivity index (χ4v) is 6.10. The molecule has 0 aliphatic rings. The van der Waals surface area contributed by atoms with Gasteiger partial charge in [-0.25, -0.2) is 4.39 Å². The van der Waals surface area contributed by atoms with Crippen molar-refractivity contribution in [1.29, 1.82) is 0 Å². The maximum atomic E-state index is 14.2. The Balaban J connectivity index is 0.000000722. The Hall–Kier alpha value is -0.976. The molecule has 0 saturated carbocycles. The fourth-order valence-electron chi connectivity index (χ4n) is 2.90. The third-order valence-corrected chi connectivity index (χ3v) is 10.9. The largest absolute Gasteiger partial charge is 0.577 e. The molecule has 0 fully saturated rings. The first-order chi connectivity index (χ1) is 15.9. The second kappa shape index (κ2) is 15.2. The van der Waals surface area contributed by atoms with Crippen LogP contribution in [-0.2, 0) is 28.1 Å². The minimum Gasteiger partial charge on any atom is -0.398 e. The predicted molar refractivity (Wildman–Crippen MR) is 124 cm³/mol. The van der Waals surface area contributed by atoms with Crippen LogP contribution in [0.4, 0.5) is 22.0 Å². The van der Waals surface area contributed by atoms with Crippen LogP contribution in [0.3, 0.4) is 0 Å². The Morgan fingerprint density at radius 3 is 1.79 bits per heavy atom. The van der Waals surface area contributed by atoms with Gasteiger partial charge in [0.1, 0.15) is 0 Å². The van der Waals surface area contributed by atoms with Crippen LogP contribution in [0.15, 0.2) is 30.3 Å². The van der Waals surface area contributed by atoms with Gasteiger partial charge in [-0.15, -0.1) is 0 Å². The van der Waals surface area contributed by atoms with Crippen molar-refractivity contribution in [2.75, 3.05) is 55.2 Å². The summed E-state index contributed by atoms with van der Waals surface area (Å²) in [6.07, 6.45) is -2.77. The van der Waals surface area contributed by atoms with E-state index in [0.717, 1.165) is 59.0 Å². The van der Waals surface area contributed by atoms with Crippen molar-refractivity contribution in [2.24, 2.45) is 5.73 Å². The zero-order valence-electron chi connectivity index (χ0n) is 20.5. The first-order valence-corrected chi connectivity index (χ1v) is 14.7. The molecule has 0 aliphatic heterocycles. The van der Waals surface area contributed by atoms with Crippen molar-refractivity contribution in [2.45, 2.75) is 36.7 Å². The first-order valence-electron chi connectivity index (χ1n) is 10.5. The summed E-state index contributed by atoms with van der Waals surface area (Å²) in [5.41, 5.74) is -0.161. The zero-order valence-corrected chi connectivity index (χ0v) is 22.5. The van der Waals surface area contributed by atoms with Crippen LogP contribution < -0.4 is 11.1 Å². The summed E-state index contributed by atoms with van der Waals surface area (Å²) >= 11 is 0. The summed E-state index contributed by atoms with van der Waals surface area (Å²) in [4.78, 5) is 0. The van der Waals surface area contributed by atoms with Crippen LogP contribution in [0.1, 0.15) is 12.0 Å². The fraction of sp³-hybridized carbons (Fsp3) is 0.700. The van der Waals surface area contributed by atoms with E-state index in [4.69, 9.17) is 14.6 Å². The molecule has 0 saturated heterocycles. The molecule has 0 aliphatic carbocycles. The number of alkyl halides is 5. The van der Waals surface area contributed by atoms with Gasteiger partial charge in [0.2, 0.25) is 6.17 Å². The molecule has 3 N–H and O–H groups in total. The lowest BCUT2D eigenvalue weighted by atomic mass is 10.0. The lowest BCUT2D eigenvalue weighted by molar-refractivity contribution is -0.178. The molecule has 34 heavy (non-hydrogen) atoms. The van der Waals surface area contributed by atoms with E-state index in [1.165, 1.54) is 18.2 Å². The number of nitrogens with two attached hydrogens (primary N) is 1. The van der Waals surface area contributed by atoms with Crippen molar-refractivity contribution in [3.05, 3.63) is 35.9 Å². The molecule has 1 aromatic rings. The van der Waals surface area contributed by atoms with Crippen LogP contribution in [0.5, 0.6) is 0 Å². The maximum absolute atomic E-state index is 14.2. The van der Waals surface area contributed by atoms with Gasteiger partial charge in [0.15, 0.2) is 0 Å². The molecule has 1 atom stereocenters. The summed E-state index contributed by atoms with van der Waals surface area (Å²) < 4.78 is 94.3. The Morgan fingerprint density at radius 2 is 1.38 bits per heavy atom. The molecule has 0 amide bonds. The van der Waals surface area contributed by atoms with E-state index in [9.17, 15) is 22.0 Å². The van der Waals surface area contributed by atoms with E-state index in [1.807, 2.05) is 0 Å². The van der Waals surface area contributed by atoms with Gasteiger partial charge in [0, 0.05) is 54.2 Å². The Kier molecular flexibility index (Phi) is 14.8. The van der Waals surface area contributed by atoms with Crippen LogP contribution in [-0.4, -0.2) is 84.3 Å². The average molecular weight is 537 g/mol. The van der Waals surface area contributed by atoms with Crippen LogP contribution in [0.25, 0.3) is 0 Å².